The Hall–Kier alpha value is -2.01. The second kappa shape index (κ2) is 17.4. The molecule has 0 fully saturated rings. The maximum absolute atomic E-state index is 10.8. The van der Waals surface area contributed by atoms with Crippen LogP contribution in [0.5, 0.6) is 0 Å². The summed E-state index contributed by atoms with van der Waals surface area (Å²) in [6, 6.07) is 0. The minimum atomic E-state index is -0.942. The van der Waals surface area contributed by atoms with Crippen molar-refractivity contribution in [2.75, 3.05) is 0 Å². The predicted molar refractivity (Wildman–Crippen MR) is 112 cm³/mol. The zero-order chi connectivity index (χ0) is 20.3. The van der Waals surface area contributed by atoms with E-state index < -0.39 is 18.3 Å². The topological polar surface area (TPSA) is 77.8 Å². The Bertz CT molecular complexity index is 553. The highest BCUT2D eigenvalue weighted by Gasteiger charge is 2.10. The first-order valence-corrected chi connectivity index (χ1v) is 9.49. The number of allylic oxidation sites excluding steroid dienone is 8. The standard InChI is InChI=1S/C23H34O4/c1-3-4-10-16-21(25)17-12-7-5-6-8-13-18-22(26)23(27)19-14-9-11-15-20(2)24/h4-10,12-14,17-18,21-23,25-27H,3,11,15-16,19H2,1-2H3/b7-5-,8-6+,10-4-,14-9-,17-12+,18-13+/t21-,22-,23-/m0/s1. The first kappa shape index (κ1) is 25.0. The molecule has 0 bridgehead atoms. The molecular formula is C23H34O4. The first-order valence-electron chi connectivity index (χ1n) is 9.49. The van der Waals surface area contributed by atoms with E-state index in [1.807, 2.05) is 30.4 Å². The molecule has 0 radical (unpaired) electrons. The normalized spacial score (nSPS) is 16.6. The molecular weight excluding hydrogens is 340 g/mol. The predicted octanol–water partition coefficient (Wildman–Crippen LogP) is 3.97. The molecule has 0 spiro atoms. The van der Waals surface area contributed by atoms with Gasteiger partial charge in [-0.05, 0) is 32.6 Å². The number of hydrogen-bond donors (Lipinski definition) is 3. The third-order valence-corrected chi connectivity index (χ3v) is 3.58. The van der Waals surface area contributed by atoms with Crippen LogP contribution in [0.3, 0.4) is 0 Å². The number of hydrogen-bond acceptors (Lipinski definition) is 4. The van der Waals surface area contributed by atoms with Crippen LogP contribution >= 0.6 is 0 Å². The van der Waals surface area contributed by atoms with Crippen LogP contribution in [-0.2, 0) is 4.79 Å². The highest BCUT2D eigenvalue weighted by molar-refractivity contribution is 5.75. The third kappa shape index (κ3) is 17.2. The molecule has 0 aromatic carbocycles. The summed E-state index contributed by atoms with van der Waals surface area (Å²) in [6.45, 7) is 3.60. The zero-order valence-electron chi connectivity index (χ0n) is 16.4. The maximum Gasteiger partial charge on any atom is 0.130 e. The fourth-order valence-electron chi connectivity index (χ4n) is 2.02. The molecule has 4 nitrogen and oxygen atoms in total. The molecule has 0 aromatic heterocycles. The lowest BCUT2D eigenvalue weighted by Gasteiger charge is -2.11. The van der Waals surface area contributed by atoms with Gasteiger partial charge in [-0.3, -0.25) is 0 Å². The average Bonchev–Trinajstić information content (AvgIpc) is 2.63. The SMILES string of the molecule is CC/C=C\C[C@H](O)/C=C/C=C\C=C\C=C\[C@H](O)[C@@H](O)C/C=C\CCC(C)=O. The average molecular weight is 375 g/mol. The minimum Gasteiger partial charge on any atom is -0.390 e. The van der Waals surface area contributed by atoms with Crippen LogP contribution in [0.15, 0.2) is 72.9 Å². The molecule has 0 amide bonds. The van der Waals surface area contributed by atoms with Crippen LogP contribution in [0.4, 0.5) is 0 Å². The summed E-state index contributed by atoms with van der Waals surface area (Å²) in [7, 11) is 0. The van der Waals surface area contributed by atoms with Crippen LogP contribution in [-0.4, -0.2) is 39.4 Å². The number of carbonyl (C=O) groups excluding carboxylic acids is 1. The Morgan fingerprint density at radius 2 is 1.41 bits per heavy atom. The second-order valence-corrected chi connectivity index (χ2v) is 6.23. The summed E-state index contributed by atoms with van der Waals surface area (Å²) in [5.74, 6) is 0.139. The molecule has 0 aromatic rings. The van der Waals surface area contributed by atoms with Crippen molar-refractivity contribution in [3.63, 3.8) is 0 Å². The van der Waals surface area contributed by atoms with Gasteiger partial charge in [0.1, 0.15) is 5.78 Å². The van der Waals surface area contributed by atoms with Crippen molar-refractivity contribution in [2.24, 2.45) is 0 Å². The van der Waals surface area contributed by atoms with E-state index in [0.29, 0.717) is 25.7 Å². The lowest BCUT2D eigenvalue weighted by atomic mass is 10.1. The maximum atomic E-state index is 10.8. The summed E-state index contributed by atoms with van der Waals surface area (Å²) in [5.41, 5.74) is 0. The summed E-state index contributed by atoms with van der Waals surface area (Å²) >= 11 is 0. The van der Waals surface area contributed by atoms with Crippen molar-refractivity contribution in [1.82, 2.24) is 0 Å². The fourth-order valence-corrected chi connectivity index (χ4v) is 2.02. The third-order valence-electron chi connectivity index (χ3n) is 3.58. The van der Waals surface area contributed by atoms with Crippen LogP contribution < -0.4 is 0 Å². The molecule has 0 saturated heterocycles. The van der Waals surface area contributed by atoms with Crippen LogP contribution in [0.1, 0.15) is 46.0 Å². The molecule has 0 rings (SSSR count). The van der Waals surface area contributed by atoms with Crippen molar-refractivity contribution < 1.29 is 20.1 Å². The minimum absolute atomic E-state index is 0.139. The van der Waals surface area contributed by atoms with Crippen molar-refractivity contribution in [2.45, 2.75) is 64.3 Å². The van der Waals surface area contributed by atoms with E-state index in [1.165, 1.54) is 6.08 Å². The van der Waals surface area contributed by atoms with Crippen LogP contribution in [0.25, 0.3) is 0 Å². The smallest absolute Gasteiger partial charge is 0.130 e. The van der Waals surface area contributed by atoms with Crippen LogP contribution in [0.2, 0.25) is 0 Å². The summed E-state index contributed by atoms with van der Waals surface area (Å²) < 4.78 is 0. The summed E-state index contributed by atoms with van der Waals surface area (Å²) in [5, 5.41) is 29.3. The molecule has 0 aliphatic carbocycles. The Balaban J connectivity index is 4.06. The van der Waals surface area contributed by atoms with Gasteiger partial charge >= 0.3 is 0 Å². The zero-order valence-corrected chi connectivity index (χ0v) is 16.4. The number of ketones is 1. The van der Waals surface area contributed by atoms with E-state index >= 15 is 0 Å². The number of aliphatic hydroxyl groups excluding tert-OH is 3. The van der Waals surface area contributed by atoms with Crippen molar-refractivity contribution in [3.8, 4) is 0 Å². The number of carbonyl (C=O) groups is 1. The lowest BCUT2D eigenvalue weighted by Crippen LogP contribution is -2.22. The molecule has 27 heavy (non-hydrogen) atoms. The largest absolute Gasteiger partial charge is 0.390 e. The van der Waals surface area contributed by atoms with E-state index in [4.69, 9.17) is 0 Å². The molecule has 0 aliphatic rings. The number of rotatable bonds is 14. The van der Waals surface area contributed by atoms with Gasteiger partial charge in [-0.2, -0.15) is 0 Å². The van der Waals surface area contributed by atoms with Crippen molar-refractivity contribution in [1.29, 1.82) is 0 Å². The Labute approximate surface area is 163 Å². The number of aliphatic hydroxyl groups is 3. The van der Waals surface area contributed by atoms with Crippen LogP contribution in [0, 0.1) is 0 Å². The van der Waals surface area contributed by atoms with Gasteiger partial charge < -0.3 is 20.1 Å². The van der Waals surface area contributed by atoms with Gasteiger partial charge in [0.25, 0.3) is 0 Å². The number of Topliss-reactive ketones (excluding diaryl/α,β-unsaturated/α-hetero) is 1. The van der Waals surface area contributed by atoms with E-state index in [1.54, 1.807) is 43.4 Å². The molecule has 3 N–H and O–H groups in total. The Morgan fingerprint density at radius 1 is 0.815 bits per heavy atom. The van der Waals surface area contributed by atoms with Gasteiger partial charge in [0, 0.05) is 6.42 Å². The first-order chi connectivity index (χ1) is 13.0. The van der Waals surface area contributed by atoms with Gasteiger partial charge in [-0.1, -0.05) is 79.8 Å². The highest BCUT2D eigenvalue weighted by Crippen LogP contribution is 2.04. The lowest BCUT2D eigenvalue weighted by molar-refractivity contribution is -0.116. The van der Waals surface area contributed by atoms with Crippen molar-refractivity contribution in [3.05, 3.63) is 72.9 Å². The highest BCUT2D eigenvalue weighted by atomic mass is 16.3. The quantitative estimate of drug-likeness (QED) is 0.318. The molecule has 150 valence electrons. The molecule has 0 aliphatic heterocycles. The monoisotopic (exact) mass is 374 g/mol. The molecule has 0 heterocycles. The fraction of sp³-hybridized carbons (Fsp3) is 0.435. The molecule has 0 unspecified atom stereocenters. The van der Waals surface area contributed by atoms with E-state index in [9.17, 15) is 20.1 Å². The van der Waals surface area contributed by atoms with Gasteiger partial charge in [0.15, 0.2) is 0 Å². The second-order valence-electron chi connectivity index (χ2n) is 6.23. The molecule has 4 heteroatoms. The van der Waals surface area contributed by atoms with Crippen molar-refractivity contribution >= 4 is 5.78 Å². The Morgan fingerprint density at radius 3 is 2.04 bits per heavy atom. The summed E-state index contributed by atoms with van der Waals surface area (Å²) in [4.78, 5) is 10.8. The Kier molecular flexibility index (Phi) is 16.1. The van der Waals surface area contributed by atoms with Gasteiger partial charge in [-0.15, -0.1) is 0 Å². The molecule has 3 atom stereocenters. The van der Waals surface area contributed by atoms with Gasteiger partial charge in [0.05, 0.1) is 18.3 Å². The molecule has 0 saturated carbocycles. The van der Waals surface area contributed by atoms with Gasteiger partial charge in [0.2, 0.25) is 0 Å². The van der Waals surface area contributed by atoms with E-state index in [0.717, 1.165) is 6.42 Å². The van der Waals surface area contributed by atoms with E-state index in [2.05, 4.69) is 6.92 Å². The van der Waals surface area contributed by atoms with E-state index in [-0.39, 0.29) is 5.78 Å². The summed E-state index contributed by atoms with van der Waals surface area (Å²) in [6.07, 6.45) is 22.3. The van der Waals surface area contributed by atoms with Gasteiger partial charge in [-0.25, -0.2) is 0 Å².